The van der Waals surface area contributed by atoms with Gasteiger partial charge in [-0.25, -0.2) is 22.7 Å². The Hall–Kier alpha value is -1.96. The molecule has 0 aliphatic carbocycles. The summed E-state index contributed by atoms with van der Waals surface area (Å²) in [5.41, 5.74) is 0.442. The van der Waals surface area contributed by atoms with E-state index >= 15 is 0 Å². The number of aromatic nitrogens is 3. The number of hydrogen-bond donors (Lipinski definition) is 1. The van der Waals surface area contributed by atoms with Crippen LogP contribution in [0.5, 0.6) is 0 Å². The fraction of sp³-hybridized carbons (Fsp3) is 0.364. The van der Waals surface area contributed by atoms with E-state index in [0.717, 1.165) is 0 Å². The Labute approximate surface area is 108 Å². The first-order valence-electron chi connectivity index (χ1n) is 5.78. The zero-order valence-electron chi connectivity index (χ0n) is 9.85. The Balaban J connectivity index is 2.09. The number of nitrogens with zero attached hydrogens (tertiary/aromatic N) is 3. The molecule has 0 aromatic carbocycles. The minimum Gasteiger partial charge on any atom is -0.478 e. The first-order valence-corrected chi connectivity index (χ1v) is 7.50. The molecular formula is C11H11N3O4S. The lowest BCUT2D eigenvalue weighted by Gasteiger charge is -2.02. The van der Waals surface area contributed by atoms with Crippen molar-refractivity contribution in [2.45, 2.75) is 18.1 Å². The molecule has 1 N–H and O–H groups in total. The van der Waals surface area contributed by atoms with E-state index in [1.807, 2.05) is 0 Å². The highest BCUT2D eigenvalue weighted by Gasteiger charge is 2.35. The van der Waals surface area contributed by atoms with Crippen molar-refractivity contribution < 1.29 is 18.3 Å². The lowest BCUT2D eigenvalue weighted by atomic mass is 10.2. The van der Waals surface area contributed by atoms with Crippen molar-refractivity contribution in [1.29, 1.82) is 0 Å². The highest BCUT2D eigenvalue weighted by molar-refractivity contribution is 7.91. The quantitative estimate of drug-likeness (QED) is 0.868. The van der Waals surface area contributed by atoms with E-state index in [4.69, 9.17) is 5.11 Å². The number of sulfone groups is 1. The average Bonchev–Trinajstić information content (AvgIpc) is 2.89. The van der Waals surface area contributed by atoms with Gasteiger partial charge in [0.15, 0.2) is 21.3 Å². The SMILES string of the molecule is O=C(O)c1ccn2nc(C3CCCS3(=O)=O)nc2c1. The van der Waals surface area contributed by atoms with Crippen LogP contribution in [0.15, 0.2) is 18.3 Å². The summed E-state index contributed by atoms with van der Waals surface area (Å²) in [4.78, 5) is 15.0. The van der Waals surface area contributed by atoms with Crippen molar-refractivity contribution in [2.75, 3.05) is 5.75 Å². The zero-order chi connectivity index (χ0) is 13.6. The third kappa shape index (κ3) is 1.97. The number of carboxylic acids is 1. The Kier molecular flexibility index (Phi) is 2.56. The normalized spacial score (nSPS) is 21.8. The molecule has 0 spiro atoms. The van der Waals surface area contributed by atoms with Gasteiger partial charge in [-0.1, -0.05) is 0 Å². The molecule has 1 aliphatic rings. The third-order valence-electron chi connectivity index (χ3n) is 3.22. The summed E-state index contributed by atoms with van der Waals surface area (Å²) in [7, 11) is -3.17. The van der Waals surface area contributed by atoms with Crippen LogP contribution in [0.1, 0.15) is 34.3 Å². The van der Waals surface area contributed by atoms with Crippen LogP contribution < -0.4 is 0 Å². The number of hydrogen-bond acceptors (Lipinski definition) is 5. The maximum absolute atomic E-state index is 11.8. The van der Waals surface area contributed by atoms with Crippen molar-refractivity contribution in [2.24, 2.45) is 0 Å². The number of rotatable bonds is 2. The Bertz CT molecular complexity index is 765. The third-order valence-corrected chi connectivity index (χ3v) is 5.39. The van der Waals surface area contributed by atoms with Crippen LogP contribution in [-0.2, 0) is 9.84 Å². The molecule has 7 nitrogen and oxygen atoms in total. The van der Waals surface area contributed by atoms with Crippen molar-refractivity contribution in [1.82, 2.24) is 14.6 Å². The first-order chi connectivity index (χ1) is 8.97. The summed E-state index contributed by atoms with van der Waals surface area (Å²) >= 11 is 0. The summed E-state index contributed by atoms with van der Waals surface area (Å²) in [6, 6.07) is 2.78. The van der Waals surface area contributed by atoms with Crippen molar-refractivity contribution in [3.05, 3.63) is 29.7 Å². The van der Waals surface area contributed by atoms with Crippen molar-refractivity contribution >= 4 is 21.5 Å². The molecule has 0 bridgehead atoms. The van der Waals surface area contributed by atoms with Crippen LogP contribution in [0.25, 0.3) is 5.65 Å². The molecule has 0 saturated carbocycles. The van der Waals surface area contributed by atoms with Gasteiger partial charge >= 0.3 is 5.97 Å². The molecule has 2 aromatic rings. The van der Waals surface area contributed by atoms with Gasteiger partial charge in [-0.05, 0) is 25.0 Å². The van der Waals surface area contributed by atoms with Gasteiger partial charge in [0, 0.05) is 6.20 Å². The molecular weight excluding hydrogens is 270 g/mol. The van der Waals surface area contributed by atoms with E-state index in [1.165, 1.54) is 22.8 Å². The van der Waals surface area contributed by atoms with E-state index in [0.29, 0.717) is 18.5 Å². The predicted octanol–water partition coefficient (Wildman–Crippen LogP) is 0.677. The van der Waals surface area contributed by atoms with E-state index in [2.05, 4.69) is 10.1 Å². The van der Waals surface area contributed by atoms with Crippen LogP contribution >= 0.6 is 0 Å². The molecule has 1 unspecified atom stereocenters. The molecule has 19 heavy (non-hydrogen) atoms. The second kappa shape index (κ2) is 4.02. The monoisotopic (exact) mass is 281 g/mol. The largest absolute Gasteiger partial charge is 0.478 e. The molecule has 3 rings (SSSR count). The standard InChI is InChI=1S/C11H11N3O4S/c15-11(16)7-3-4-14-9(6-7)12-10(13-14)8-2-1-5-19(8,17)18/h3-4,6,8H,1-2,5H2,(H,15,16). The highest BCUT2D eigenvalue weighted by atomic mass is 32.2. The topological polar surface area (TPSA) is 102 Å². The molecule has 1 fully saturated rings. The number of pyridine rings is 1. The molecule has 3 heterocycles. The van der Waals surface area contributed by atoms with E-state index < -0.39 is 21.1 Å². The zero-order valence-corrected chi connectivity index (χ0v) is 10.7. The summed E-state index contributed by atoms with van der Waals surface area (Å²) < 4.78 is 25.1. The Morgan fingerprint density at radius 3 is 2.89 bits per heavy atom. The second-order valence-electron chi connectivity index (χ2n) is 4.49. The summed E-state index contributed by atoms with van der Waals surface area (Å²) in [5.74, 6) is -0.645. The average molecular weight is 281 g/mol. The van der Waals surface area contributed by atoms with Crippen LogP contribution in [0.4, 0.5) is 0 Å². The van der Waals surface area contributed by atoms with Gasteiger partial charge in [0.25, 0.3) is 0 Å². The fourth-order valence-electron chi connectivity index (χ4n) is 2.25. The molecule has 2 aromatic heterocycles. The smallest absolute Gasteiger partial charge is 0.335 e. The van der Waals surface area contributed by atoms with Gasteiger partial charge in [0.05, 0.1) is 11.3 Å². The molecule has 0 radical (unpaired) electrons. The maximum atomic E-state index is 11.8. The van der Waals surface area contributed by atoms with Crippen molar-refractivity contribution in [3.63, 3.8) is 0 Å². The molecule has 8 heteroatoms. The van der Waals surface area contributed by atoms with Crippen molar-refractivity contribution in [3.8, 4) is 0 Å². The molecule has 1 saturated heterocycles. The first kappa shape index (κ1) is 12.1. The lowest BCUT2D eigenvalue weighted by molar-refractivity contribution is 0.0697. The van der Waals surface area contributed by atoms with Gasteiger partial charge in [-0.15, -0.1) is 5.10 Å². The summed E-state index contributed by atoms with van der Waals surface area (Å²) in [6.45, 7) is 0. The molecule has 100 valence electrons. The lowest BCUT2D eigenvalue weighted by Crippen LogP contribution is -2.09. The molecule has 1 atom stereocenters. The number of aromatic carboxylic acids is 1. The van der Waals surface area contributed by atoms with Crippen LogP contribution in [0, 0.1) is 0 Å². The maximum Gasteiger partial charge on any atom is 0.335 e. The van der Waals surface area contributed by atoms with E-state index in [9.17, 15) is 13.2 Å². The number of carbonyl (C=O) groups is 1. The van der Waals surface area contributed by atoms with Gasteiger partial charge < -0.3 is 5.11 Å². The minimum atomic E-state index is -3.17. The van der Waals surface area contributed by atoms with Crippen LogP contribution in [-0.4, -0.2) is 39.8 Å². The number of carboxylic acid groups (broad SMARTS) is 1. The van der Waals surface area contributed by atoms with E-state index in [1.54, 1.807) is 0 Å². The molecule has 1 aliphatic heterocycles. The van der Waals surface area contributed by atoms with Gasteiger partial charge in [-0.3, -0.25) is 0 Å². The minimum absolute atomic E-state index is 0.0979. The Morgan fingerprint density at radius 1 is 1.47 bits per heavy atom. The van der Waals surface area contributed by atoms with Gasteiger partial charge in [0.2, 0.25) is 0 Å². The van der Waals surface area contributed by atoms with E-state index in [-0.39, 0.29) is 17.1 Å². The highest BCUT2D eigenvalue weighted by Crippen LogP contribution is 2.32. The van der Waals surface area contributed by atoms with Gasteiger partial charge in [-0.2, -0.15) is 0 Å². The predicted molar refractivity (Wildman–Crippen MR) is 65.7 cm³/mol. The molecule has 0 amide bonds. The Morgan fingerprint density at radius 2 is 2.26 bits per heavy atom. The second-order valence-corrected chi connectivity index (χ2v) is 6.79. The van der Waals surface area contributed by atoms with Crippen LogP contribution in [0.2, 0.25) is 0 Å². The number of fused-ring (bicyclic) bond motifs is 1. The van der Waals surface area contributed by atoms with Gasteiger partial charge in [0.1, 0.15) is 5.25 Å². The summed E-state index contributed by atoms with van der Waals surface area (Å²) in [6.07, 6.45) is 2.60. The fourth-order valence-corrected chi connectivity index (χ4v) is 4.05. The summed E-state index contributed by atoms with van der Waals surface area (Å²) in [5, 5.41) is 12.4. The van der Waals surface area contributed by atoms with Crippen LogP contribution in [0.3, 0.4) is 0 Å².